The summed E-state index contributed by atoms with van der Waals surface area (Å²) < 4.78 is 26.1. The van der Waals surface area contributed by atoms with Gasteiger partial charge in [-0.1, -0.05) is 90.4 Å². The Bertz CT molecular complexity index is 1500. The van der Waals surface area contributed by atoms with Gasteiger partial charge in [0.2, 0.25) is 29.5 Å². The fourth-order valence-corrected chi connectivity index (χ4v) is 7.38. The molecule has 21 nitrogen and oxygen atoms in total. The summed E-state index contributed by atoms with van der Waals surface area (Å²) >= 11 is 0. The Morgan fingerprint density at radius 2 is 0.972 bits per heavy atom. The number of carboxylic acid groups (broad SMARTS) is 2. The van der Waals surface area contributed by atoms with E-state index in [1.54, 1.807) is 0 Å². The Morgan fingerprint density at radius 1 is 0.465 bits per heavy atom. The van der Waals surface area contributed by atoms with E-state index in [0.29, 0.717) is 45.3 Å². The summed E-state index contributed by atoms with van der Waals surface area (Å²) in [6.45, 7) is 2.90. The fraction of sp³-hybridized carbons (Fsp3) is 0.820. The summed E-state index contributed by atoms with van der Waals surface area (Å²) in [7, 11) is 1.35. The van der Waals surface area contributed by atoms with Crippen molar-refractivity contribution < 1.29 is 77.0 Å². The lowest BCUT2D eigenvalue weighted by molar-refractivity contribution is -0.146. The zero-order valence-electron chi connectivity index (χ0n) is 42.9. The molecule has 0 saturated heterocycles. The lowest BCUT2D eigenvalue weighted by Crippen LogP contribution is -2.44. The van der Waals surface area contributed by atoms with Gasteiger partial charge in [-0.05, 0) is 51.4 Å². The van der Waals surface area contributed by atoms with Crippen LogP contribution in [0.5, 0.6) is 0 Å². The number of unbranched alkanes of at least 4 members (excludes halogenated alkanes) is 14. The highest BCUT2D eigenvalue weighted by molar-refractivity contribution is 5.87. The van der Waals surface area contributed by atoms with E-state index < -0.39 is 42.4 Å². The molecule has 3 atom stereocenters. The van der Waals surface area contributed by atoms with Crippen molar-refractivity contribution in [3.8, 4) is 0 Å². The maximum Gasteiger partial charge on any atom is 0.326 e. The maximum atomic E-state index is 12.4. The van der Waals surface area contributed by atoms with E-state index >= 15 is 0 Å². The SMILES string of the molecule is CC[C@@H](CCCCNC(=O)CC[C@H](NC(=O)COCCOCCNC(=O)COCCOCCCC(=O)CC[C@H](NC(=O)CCCCCCCCCCCCCCCCC(=O)O)C(N)=O)C(=O)O)C(=O)OC. The highest BCUT2D eigenvalue weighted by Crippen LogP contribution is 2.15. The minimum Gasteiger partial charge on any atom is -0.481 e. The minimum absolute atomic E-state index is 0.0417. The molecule has 0 fully saturated rings. The number of carboxylic acids is 2. The van der Waals surface area contributed by atoms with E-state index in [4.69, 9.17) is 34.5 Å². The normalized spacial score (nSPS) is 12.3. The number of carbonyl (C=O) groups is 9. The molecule has 410 valence electrons. The van der Waals surface area contributed by atoms with Crippen LogP contribution in [0.4, 0.5) is 0 Å². The molecule has 5 amide bonds. The van der Waals surface area contributed by atoms with Crippen LogP contribution in [0.25, 0.3) is 0 Å². The topological polar surface area (TPSA) is 314 Å². The number of Topliss-reactive ketones (excluding diaryl/α,β-unsaturated/α-hetero) is 1. The van der Waals surface area contributed by atoms with E-state index in [2.05, 4.69) is 21.3 Å². The molecule has 0 aliphatic heterocycles. The molecule has 0 aromatic rings. The molecule has 0 aromatic carbocycles. The number of aliphatic carboxylic acids is 2. The third-order valence-electron chi connectivity index (χ3n) is 11.6. The Kier molecular flexibility index (Phi) is 43.3. The summed E-state index contributed by atoms with van der Waals surface area (Å²) in [6.07, 6.45) is 19.2. The molecule has 71 heavy (non-hydrogen) atoms. The van der Waals surface area contributed by atoms with Gasteiger partial charge in [0.15, 0.2) is 0 Å². The summed E-state index contributed by atoms with van der Waals surface area (Å²) in [5.41, 5.74) is 5.49. The quantitative estimate of drug-likeness (QED) is 0.0327. The van der Waals surface area contributed by atoms with Gasteiger partial charge in [-0.3, -0.25) is 38.4 Å². The number of nitrogens with one attached hydrogen (secondary N) is 4. The highest BCUT2D eigenvalue weighted by atomic mass is 16.5. The maximum absolute atomic E-state index is 12.4. The average molecular weight is 1020 g/mol. The zero-order valence-corrected chi connectivity index (χ0v) is 42.9. The van der Waals surface area contributed by atoms with Crippen molar-refractivity contribution in [1.29, 1.82) is 0 Å². The van der Waals surface area contributed by atoms with E-state index in [-0.39, 0.29) is 120 Å². The van der Waals surface area contributed by atoms with Crippen LogP contribution in [0.3, 0.4) is 0 Å². The van der Waals surface area contributed by atoms with Crippen molar-refractivity contribution in [2.24, 2.45) is 11.7 Å². The number of carbonyl (C=O) groups excluding carboxylic acids is 7. The van der Waals surface area contributed by atoms with Crippen molar-refractivity contribution >= 4 is 53.2 Å². The second-order valence-corrected chi connectivity index (χ2v) is 17.7. The fourth-order valence-electron chi connectivity index (χ4n) is 7.38. The van der Waals surface area contributed by atoms with Crippen molar-refractivity contribution in [1.82, 2.24) is 21.3 Å². The van der Waals surface area contributed by atoms with Gasteiger partial charge in [0.25, 0.3) is 0 Å². The van der Waals surface area contributed by atoms with Crippen molar-refractivity contribution in [2.45, 2.75) is 186 Å². The van der Waals surface area contributed by atoms with E-state index in [1.165, 1.54) is 52.1 Å². The van der Waals surface area contributed by atoms with Crippen molar-refractivity contribution in [2.75, 3.05) is 73.1 Å². The minimum atomic E-state index is -1.28. The molecular weight excluding hydrogens is 927 g/mol. The smallest absolute Gasteiger partial charge is 0.326 e. The molecule has 0 aliphatic carbocycles. The molecule has 0 heterocycles. The van der Waals surface area contributed by atoms with E-state index in [9.17, 15) is 48.3 Å². The summed E-state index contributed by atoms with van der Waals surface area (Å²) in [6, 6.07) is -2.17. The first-order valence-corrected chi connectivity index (χ1v) is 26.0. The van der Waals surface area contributed by atoms with Crippen LogP contribution in [0.2, 0.25) is 0 Å². The summed E-state index contributed by atoms with van der Waals surface area (Å²) in [4.78, 5) is 107. The number of ketones is 1. The van der Waals surface area contributed by atoms with Gasteiger partial charge in [0.1, 0.15) is 31.1 Å². The number of hydrogen-bond donors (Lipinski definition) is 7. The number of rotatable bonds is 51. The number of hydrogen-bond acceptors (Lipinski definition) is 14. The molecule has 0 radical (unpaired) electrons. The second kappa shape index (κ2) is 46.3. The number of methoxy groups -OCH3 is 1. The molecule has 0 bridgehead atoms. The Morgan fingerprint density at radius 3 is 1.52 bits per heavy atom. The Hall–Kier alpha value is -4.73. The van der Waals surface area contributed by atoms with Gasteiger partial charge in [0.05, 0.1) is 46.1 Å². The van der Waals surface area contributed by atoms with Gasteiger partial charge in [-0.15, -0.1) is 0 Å². The summed E-state index contributed by atoms with van der Waals surface area (Å²) in [5, 5.41) is 28.5. The zero-order chi connectivity index (χ0) is 52.7. The molecule has 0 spiro atoms. The van der Waals surface area contributed by atoms with Crippen LogP contribution in [0, 0.1) is 5.92 Å². The van der Waals surface area contributed by atoms with Gasteiger partial charge in [-0.2, -0.15) is 0 Å². The van der Waals surface area contributed by atoms with Crippen LogP contribution in [0.1, 0.15) is 174 Å². The predicted octanol–water partition coefficient (Wildman–Crippen LogP) is 4.43. The Labute approximate surface area is 421 Å². The summed E-state index contributed by atoms with van der Waals surface area (Å²) in [5.74, 6) is -4.78. The van der Waals surface area contributed by atoms with Gasteiger partial charge in [0, 0.05) is 51.8 Å². The van der Waals surface area contributed by atoms with Crippen LogP contribution >= 0.6 is 0 Å². The molecule has 21 heteroatoms. The van der Waals surface area contributed by atoms with Gasteiger partial charge < -0.3 is 60.9 Å². The first kappa shape index (κ1) is 66.3. The molecule has 0 rings (SSSR count). The largest absolute Gasteiger partial charge is 0.481 e. The molecule has 0 aliphatic rings. The number of nitrogens with two attached hydrogens (primary N) is 1. The van der Waals surface area contributed by atoms with Crippen LogP contribution in [-0.2, 0) is 66.8 Å². The molecule has 8 N–H and O–H groups in total. The average Bonchev–Trinajstić information content (AvgIpc) is 3.33. The number of amides is 5. The van der Waals surface area contributed by atoms with E-state index in [1.807, 2.05) is 6.92 Å². The number of ether oxygens (including phenoxy) is 5. The molecule has 0 unspecified atom stereocenters. The lowest BCUT2D eigenvalue weighted by atomic mass is 9.99. The standard InChI is InChI=1S/C50H89N5O16/c1-3-39(50(66)67-2)21-18-19-29-52-43(57)28-27-42(49(64)65)55-46(60)38-71-36-34-69-32-30-53-45(59)37-70-35-33-68-31-20-22-40(56)25-26-41(48(51)63)54-44(58)23-16-14-12-10-8-6-4-5-7-9-11-13-15-17-24-47(61)62/h39,41-42H,3-38H2,1-2H3,(H2,51,63)(H,52,57)(H,53,59)(H,54,58)(H,55,60)(H,61,62)(H,64,65)/t39-,41-,42-/m0/s1. The van der Waals surface area contributed by atoms with E-state index in [0.717, 1.165) is 51.4 Å². The predicted molar refractivity (Wildman–Crippen MR) is 264 cm³/mol. The molecule has 0 saturated carbocycles. The molecule has 0 aromatic heterocycles. The lowest BCUT2D eigenvalue weighted by Gasteiger charge is -2.15. The van der Waals surface area contributed by atoms with Gasteiger partial charge in [-0.25, -0.2) is 4.79 Å². The first-order chi connectivity index (χ1) is 34.2. The Balaban J connectivity index is 3.81. The highest BCUT2D eigenvalue weighted by Gasteiger charge is 2.22. The second-order valence-electron chi connectivity index (χ2n) is 17.7. The van der Waals surface area contributed by atoms with Crippen molar-refractivity contribution in [3.05, 3.63) is 0 Å². The van der Waals surface area contributed by atoms with Gasteiger partial charge >= 0.3 is 17.9 Å². The number of primary amides is 1. The third kappa shape index (κ3) is 42.6. The number of esters is 1. The van der Waals surface area contributed by atoms with Crippen LogP contribution < -0.4 is 27.0 Å². The monoisotopic (exact) mass is 1020 g/mol. The van der Waals surface area contributed by atoms with Crippen LogP contribution in [0.15, 0.2) is 0 Å². The van der Waals surface area contributed by atoms with Crippen LogP contribution in [-0.4, -0.2) is 149 Å². The van der Waals surface area contributed by atoms with Crippen molar-refractivity contribution in [3.63, 3.8) is 0 Å². The first-order valence-electron chi connectivity index (χ1n) is 26.0. The third-order valence-corrected chi connectivity index (χ3v) is 11.6. The molecular formula is C50H89N5O16.